The second-order valence-electron chi connectivity index (χ2n) is 3.38. The van der Waals surface area contributed by atoms with E-state index in [1.165, 1.54) is 0 Å². The van der Waals surface area contributed by atoms with Crippen molar-refractivity contribution in [2.45, 2.75) is 27.7 Å². The molecule has 0 unspecified atom stereocenters. The van der Waals surface area contributed by atoms with Gasteiger partial charge in [0.15, 0.2) is 0 Å². The second-order valence-corrected chi connectivity index (χ2v) is 3.38. The monoisotopic (exact) mass is 172 g/mol. The van der Waals surface area contributed by atoms with E-state index >= 15 is 0 Å². The van der Waals surface area contributed by atoms with Crippen molar-refractivity contribution < 1.29 is 14.6 Å². The molecule has 0 aromatic carbocycles. The molecule has 0 saturated heterocycles. The van der Waals surface area contributed by atoms with E-state index in [1.807, 2.05) is 6.92 Å². The Morgan fingerprint density at radius 2 is 2.08 bits per heavy atom. The first-order valence-electron chi connectivity index (χ1n) is 3.89. The highest BCUT2D eigenvalue weighted by molar-refractivity contribution is 5.73. The number of carboxylic acids is 1. The SMILES string of the molecule is CC=C(C)OCC(C)(C)C(=O)O. The standard InChI is InChI=1S/C9H16O3/c1-5-7(2)12-6-9(3,4)8(10)11/h5H,6H2,1-4H3,(H,10,11). The van der Waals surface area contributed by atoms with E-state index in [0.717, 1.165) is 5.76 Å². The van der Waals surface area contributed by atoms with E-state index in [1.54, 1.807) is 26.8 Å². The molecule has 3 heteroatoms. The molecular weight excluding hydrogens is 156 g/mol. The molecule has 0 bridgehead atoms. The van der Waals surface area contributed by atoms with Gasteiger partial charge in [-0.15, -0.1) is 0 Å². The van der Waals surface area contributed by atoms with E-state index in [0.29, 0.717) is 0 Å². The van der Waals surface area contributed by atoms with E-state index in [2.05, 4.69) is 0 Å². The molecule has 0 aliphatic carbocycles. The van der Waals surface area contributed by atoms with Gasteiger partial charge in [0.25, 0.3) is 0 Å². The van der Waals surface area contributed by atoms with Crippen molar-refractivity contribution in [3.8, 4) is 0 Å². The van der Waals surface area contributed by atoms with E-state index < -0.39 is 11.4 Å². The van der Waals surface area contributed by atoms with E-state index in [-0.39, 0.29) is 6.61 Å². The van der Waals surface area contributed by atoms with Crippen LogP contribution in [0.2, 0.25) is 0 Å². The number of carboxylic acid groups (broad SMARTS) is 1. The number of ether oxygens (including phenoxy) is 1. The van der Waals surface area contributed by atoms with Crippen LogP contribution in [0.1, 0.15) is 27.7 Å². The fourth-order valence-electron chi connectivity index (χ4n) is 0.439. The summed E-state index contributed by atoms with van der Waals surface area (Å²) in [5.74, 6) is -0.0873. The predicted molar refractivity (Wildman–Crippen MR) is 46.8 cm³/mol. The van der Waals surface area contributed by atoms with Gasteiger partial charge in [-0.05, 0) is 27.7 Å². The van der Waals surface area contributed by atoms with Gasteiger partial charge in [0, 0.05) is 0 Å². The minimum absolute atomic E-state index is 0.207. The number of hydrogen-bond acceptors (Lipinski definition) is 2. The van der Waals surface area contributed by atoms with Crippen LogP contribution in [0.3, 0.4) is 0 Å². The number of aliphatic carboxylic acids is 1. The first-order chi connectivity index (χ1) is 5.40. The molecule has 0 spiro atoms. The van der Waals surface area contributed by atoms with Gasteiger partial charge < -0.3 is 9.84 Å². The molecule has 0 fully saturated rings. The number of rotatable bonds is 4. The van der Waals surface area contributed by atoms with Gasteiger partial charge in [-0.2, -0.15) is 0 Å². The highest BCUT2D eigenvalue weighted by Gasteiger charge is 2.27. The summed E-state index contributed by atoms with van der Waals surface area (Å²) in [7, 11) is 0. The summed E-state index contributed by atoms with van der Waals surface area (Å²) in [6, 6.07) is 0. The lowest BCUT2D eigenvalue weighted by Crippen LogP contribution is -2.28. The maximum atomic E-state index is 10.6. The molecule has 0 atom stereocenters. The molecule has 0 heterocycles. The lowest BCUT2D eigenvalue weighted by Gasteiger charge is -2.19. The zero-order valence-corrected chi connectivity index (χ0v) is 8.05. The zero-order chi connectivity index (χ0) is 9.78. The van der Waals surface area contributed by atoms with Crippen LogP contribution in [0.5, 0.6) is 0 Å². The summed E-state index contributed by atoms with van der Waals surface area (Å²) in [5.41, 5.74) is -0.815. The van der Waals surface area contributed by atoms with Crippen LogP contribution in [0.25, 0.3) is 0 Å². The Labute approximate surface area is 73.0 Å². The van der Waals surface area contributed by atoms with Gasteiger partial charge >= 0.3 is 5.97 Å². The molecule has 0 aliphatic rings. The molecule has 12 heavy (non-hydrogen) atoms. The minimum Gasteiger partial charge on any atom is -0.497 e. The van der Waals surface area contributed by atoms with Crippen molar-refractivity contribution >= 4 is 5.97 Å². The lowest BCUT2D eigenvalue weighted by atomic mass is 9.95. The van der Waals surface area contributed by atoms with Crippen molar-refractivity contribution in [3.05, 3.63) is 11.8 Å². The van der Waals surface area contributed by atoms with Gasteiger partial charge in [-0.25, -0.2) is 0 Å². The number of carbonyl (C=O) groups is 1. The van der Waals surface area contributed by atoms with Crippen molar-refractivity contribution in [1.82, 2.24) is 0 Å². The highest BCUT2D eigenvalue weighted by Crippen LogP contribution is 2.16. The average molecular weight is 172 g/mol. The molecule has 0 rings (SSSR count). The Kier molecular flexibility index (Phi) is 3.80. The van der Waals surface area contributed by atoms with Crippen molar-refractivity contribution in [1.29, 1.82) is 0 Å². The summed E-state index contributed by atoms with van der Waals surface area (Å²) in [6.45, 7) is 7.14. The number of allylic oxidation sites excluding steroid dienone is 2. The molecule has 0 saturated carbocycles. The zero-order valence-electron chi connectivity index (χ0n) is 8.05. The summed E-state index contributed by atoms with van der Waals surface area (Å²) < 4.78 is 5.20. The Hall–Kier alpha value is -0.990. The van der Waals surface area contributed by atoms with Crippen LogP contribution in [-0.4, -0.2) is 17.7 Å². The average Bonchev–Trinajstić information content (AvgIpc) is 2.00. The maximum absolute atomic E-state index is 10.6. The molecule has 70 valence electrons. The fraction of sp³-hybridized carbons (Fsp3) is 0.667. The van der Waals surface area contributed by atoms with Gasteiger partial charge in [0.05, 0.1) is 11.2 Å². The molecule has 1 N–H and O–H groups in total. The molecule has 0 amide bonds. The molecule has 0 aromatic rings. The van der Waals surface area contributed by atoms with Crippen molar-refractivity contribution in [2.24, 2.45) is 5.41 Å². The van der Waals surface area contributed by atoms with Crippen LogP contribution < -0.4 is 0 Å². The first kappa shape index (κ1) is 11.0. The molecule has 0 radical (unpaired) electrons. The lowest BCUT2D eigenvalue weighted by molar-refractivity contribution is -0.149. The van der Waals surface area contributed by atoms with Crippen LogP contribution in [0.15, 0.2) is 11.8 Å². The van der Waals surface area contributed by atoms with Crippen molar-refractivity contribution in [2.75, 3.05) is 6.61 Å². The highest BCUT2D eigenvalue weighted by atomic mass is 16.5. The van der Waals surface area contributed by atoms with Crippen LogP contribution >= 0.6 is 0 Å². The van der Waals surface area contributed by atoms with Crippen LogP contribution in [0, 0.1) is 5.41 Å². The Bertz CT molecular complexity index is 192. The predicted octanol–water partition coefficient (Wildman–Crippen LogP) is 2.04. The third kappa shape index (κ3) is 3.42. The minimum atomic E-state index is -0.841. The third-order valence-corrected chi connectivity index (χ3v) is 1.65. The Morgan fingerprint density at radius 1 is 1.58 bits per heavy atom. The van der Waals surface area contributed by atoms with Crippen LogP contribution in [0.4, 0.5) is 0 Å². The number of hydrogen-bond donors (Lipinski definition) is 1. The molecular formula is C9H16O3. The van der Waals surface area contributed by atoms with E-state index in [9.17, 15) is 4.79 Å². The molecule has 0 aliphatic heterocycles. The Morgan fingerprint density at radius 3 is 2.42 bits per heavy atom. The summed E-state index contributed by atoms with van der Waals surface area (Å²) in [6.07, 6.45) is 1.80. The van der Waals surface area contributed by atoms with Gasteiger partial charge in [0.2, 0.25) is 0 Å². The summed E-state index contributed by atoms with van der Waals surface area (Å²) in [4.78, 5) is 10.6. The van der Waals surface area contributed by atoms with Gasteiger partial charge in [0.1, 0.15) is 6.61 Å². The smallest absolute Gasteiger partial charge is 0.312 e. The normalized spacial score (nSPS) is 12.8. The Balaban J connectivity index is 4.01. The summed E-state index contributed by atoms with van der Waals surface area (Å²) >= 11 is 0. The maximum Gasteiger partial charge on any atom is 0.312 e. The van der Waals surface area contributed by atoms with Crippen LogP contribution in [-0.2, 0) is 9.53 Å². The fourth-order valence-corrected chi connectivity index (χ4v) is 0.439. The first-order valence-corrected chi connectivity index (χ1v) is 3.89. The molecule has 3 nitrogen and oxygen atoms in total. The molecule has 0 aromatic heterocycles. The second kappa shape index (κ2) is 4.14. The van der Waals surface area contributed by atoms with Crippen molar-refractivity contribution in [3.63, 3.8) is 0 Å². The van der Waals surface area contributed by atoms with E-state index in [4.69, 9.17) is 9.84 Å². The quantitative estimate of drug-likeness (QED) is 0.660. The summed E-state index contributed by atoms with van der Waals surface area (Å²) in [5, 5.41) is 8.73. The van der Waals surface area contributed by atoms with Gasteiger partial charge in [-0.1, -0.05) is 6.08 Å². The third-order valence-electron chi connectivity index (χ3n) is 1.65. The van der Waals surface area contributed by atoms with Gasteiger partial charge in [-0.3, -0.25) is 4.79 Å². The largest absolute Gasteiger partial charge is 0.497 e. The topological polar surface area (TPSA) is 46.5 Å².